The number of allylic oxidation sites excluding steroid dienone is 3. The van der Waals surface area contributed by atoms with Crippen LogP contribution in [0.5, 0.6) is 11.5 Å². The molecule has 0 spiro atoms. The number of aromatic hydroxyl groups is 1. The number of ketones is 2. The largest absolute Gasteiger partial charge is 0.507 e. The molecule has 2 rings (SSSR count). The van der Waals surface area contributed by atoms with Crippen molar-refractivity contribution in [2.75, 3.05) is 7.11 Å². The summed E-state index contributed by atoms with van der Waals surface area (Å²) in [5.74, 6) is -1.78. The average molecular weight is 384 g/mol. The SMILES string of the molecule is COc1ccc(O)c2c1C(=O)C=C([C@H](CC=C(C)C)OC(=O)C=C(C)C)C2=O. The Bertz CT molecular complexity index is 909. The summed E-state index contributed by atoms with van der Waals surface area (Å²) in [7, 11) is 1.38. The van der Waals surface area contributed by atoms with E-state index in [9.17, 15) is 19.5 Å². The first-order valence-electron chi connectivity index (χ1n) is 8.85. The van der Waals surface area contributed by atoms with Gasteiger partial charge in [-0.2, -0.15) is 0 Å². The number of methoxy groups -OCH3 is 1. The molecule has 0 saturated heterocycles. The van der Waals surface area contributed by atoms with Crippen molar-refractivity contribution in [3.05, 3.63) is 58.2 Å². The van der Waals surface area contributed by atoms with Crippen molar-refractivity contribution < 1.29 is 29.0 Å². The summed E-state index contributed by atoms with van der Waals surface area (Å²) in [5, 5.41) is 10.2. The van der Waals surface area contributed by atoms with Crippen molar-refractivity contribution >= 4 is 17.5 Å². The minimum atomic E-state index is -0.951. The van der Waals surface area contributed by atoms with Gasteiger partial charge in [-0.15, -0.1) is 0 Å². The lowest BCUT2D eigenvalue weighted by Gasteiger charge is -2.23. The van der Waals surface area contributed by atoms with E-state index in [4.69, 9.17) is 9.47 Å². The van der Waals surface area contributed by atoms with Crippen LogP contribution in [0.15, 0.2) is 47.1 Å². The van der Waals surface area contributed by atoms with Gasteiger partial charge in [-0.3, -0.25) is 9.59 Å². The molecule has 1 atom stereocenters. The summed E-state index contributed by atoms with van der Waals surface area (Å²) in [6.07, 6.45) is 3.58. The van der Waals surface area contributed by atoms with Gasteiger partial charge in [-0.1, -0.05) is 17.2 Å². The number of fused-ring (bicyclic) bond motifs is 1. The van der Waals surface area contributed by atoms with Gasteiger partial charge in [0, 0.05) is 18.1 Å². The van der Waals surface area contributed by atoms with E-state index in [0.717, 1.165) is 17.2 Å². The Morgan fingerprint density at radius 1 is 1.11 bits per heavy atom. The van der Waals surface area contributed by atoms with Gasteiger partial charge in [0.25, 0.3) is 0 Å². The lowest BCUT2D eigenvalue weighted by atomic mass is 9.85. The number of esters is 1. The number of rotatable bonds is 6. The Morgan fingerprint density at radius 2 is 1.79 bits per heavy atom. The molecular formula is C22H24O6. The van der Waals surface area contributed by atoms with Gasteiger partial charge in [-0.05, 0) is 45.9 Å². The summed E-state index contributed by atoms with van der Waals surface area (Å²) >= 11 is 0. The van der Waals surface area contributed by atoms with E-state index in [1.807, 2.05) is 19.9 Å². The molecule has 6 nitrogen and oxygen atoms in total. The lowest BCUT2D eigenvalue weighted by molar-refractivity contribution is -0.141. The number of phenolic OH excluding ortho intramolecular Hbond substituents is 1. The zero-order chi connectivity index (χ0) is 21.0. The van der Waals surface area contributed by atoms with Crippen molar-refractivity contribution in [3.8, 4) is 11.5 Å². The van der Waals surface area contributed by atoms with Gasteiger partial charge >= 0.3 is 5.97 Å². The maximum Gasteiger partial charge on any atom is 0.331 e. The molecule has 148 valence electrons. The first kappa shape index (κ1) is 21.2. The molecule has 1 aliphatic rings. The third-order valence-corrected chi connectivity index (χ3v) is 4.14. The number of carbonyl (C=O) groups excluding carboxylic acids is 3. The van der Waals surface area contributed by atoms with Gasteiger partial charge in [0.05, 0.1) is 18.2 Å². The molecule has 0 fully saturated rings. The molecule has 1 aromatic carbocycles. The van der Waals surface area contributed by atoms with Crippen LogP contribution in [0.25, 0.3) is 0 Å². The third-order valence-electron chi connectivity index (χ3n) is 4.14. The maximum atomic E-state index is 13.1. The standard InChI is InChI=1S/C22H24O6/c1-12(2)6-8-17(28-19(25)10-13(3)4)14-11-16(24)20-18(27-5)9-7-15(23)21(20)22(14)26/h6-7,9-11,17,23H,8H2,1-5H3/t17-/m0/s1. The summed E-state index contributed by atoms with van der Waals surface area (Å²) in [6.45, 7) is 7.26. The van der Waals surface area contributed by atoms with E-state index >= 15 is 0 Å². The zero-order valence-electron chi connectivity index (χ0n) is 16.7. The maximum absolute atomic E-state index is 13.1. The topological polar surface area (TPSA) is 89.9 Å². The summed E-state index contributed by atoms with van der Waals surface area (Å²) < 4.78 is 10.6. The number of phenols is 1. The monoisotopic (exact) mass is 384 g/mol. The molecule has 0 heterocycles. The van der Waals surface area contributed by atoms with Crippen LogP contribution in [-0.4, -0.2) is 35.9 Å². The summed E-state index contributed by atoms with van der Waals surface area (Å²) in [5.41, 5.74) is 1.62. The Morgan fingerprint density at radius 3 is 2.36 bits per heavy atom. The predicted molar refractivity (Wildman–Crippen MR) is 105 cm³/mol. The van der Waals surface area contributed by atoms with Gasteiger partial charge < -0.3 is 14.6 Å². The lowest BCUT2D eigenvalue weighted by Crippen LogP contribution is -2.29. The van der Waals surface area contributed by atoms with Crippen molar-refractivity contribution in [2.45, 2.75) is 40.2 Å². The second-order valence-electron chi connectivity index (χ2n) is 6.99. The fourth-order valence-corrected chi connectivity index (χ4v) is 2.87. The quantitative estimate of drug-likeness (QED) is 0.454. The molecule has 0 unspecified atom stereocenters. The second-order valence-corrected chi connectivity index (χ2v) is 6.99. The van der Waals surface area contributed by atoms with Crippen LogP contribution in [0, 0.1) is 0 Å². The highest BCUT2D eigenvalue weighted by atomic mass is 16.5. The van der Waals surface area contributed by atoms with Crippen molar-refractivity contribution in [3.63, 3.8) is 0 Å². The fraction of sp³-hybridized carbons (Fsp3) is 0.318. The highest BCUT2D eigenvalue weighted by Gasteiger charge is 2.35. The second kappa shape index (κ2) is 8.69. The Kier molecular flexibility index (Phi) is 6.57. The molecule has 1 aliphatic carbocycles. The Labute approximate surface area is 164 Å². The van der Waals surface area contributed by atoms with Crippen LogP contribution in [-0.2, 0) is 9.53 Å². The predicted octanol–water partition coefficient (Wildman–Crippen LogP) is 3.94. The molecule has 0 radical (unpaired) electrons. The van der Waals surface area contributed by atoms with E-state index in [1.54, 1.807) is 13.8 Å². The number of Topliss-reactive ketones (excluding diaryl/α,β-unsaturated/α-hetero) is 1. The van der Waals surface area contributed by atoms with Crippen molar-refractivity contribution in [2.24, 2.45) is 0 Å². The van der Waals surface area contributed by atoms with Gasteiger partial charge in [0.15, 0.2) is 11.6 Å². The first-order valence-corrected chi connectivity index (χ1v) is 8.85. The van der Waals surface area contributed by atoms with Crippen LogP contribution >= 0.6 is 0 Å². The minimum absolute atomic E-state index is 0.00726. The highest BCUT2D eigenvalue weighted by molar-refractivity contribution is 6.27. The van der Waals surface area contributed by atoms with E-state index < -0.39 is 23.6 Å². The highest BCUT2D eigenvalue weighted by Crippen LogP contribution is 2.36. The van der Waals surface area contributed by atoms with E-state index in [0.29, 0.717) is 0 Å². The summed E-state index contributed by atoms with van der Waals surface area (Å²) in [6, 6.07) is 2.72. The number of hydrogen-bond donors (Lipinski definition) is 1. The smallest absolute Gasteiger partial charge is 0.331 e. The van der Waals surface area contributed by atoms with Crippen LogP contribution < -0.4 is 4.74 Å². The van der Waals surface area contributed by atoms with Crippen LogP contribution in [0.1, 0.15) is 54.8 Å². The van der Waals surface area contributed by atoms with Crippen molar-refractivity contribution in [1.29, 1.82) is 0 Å². The normalized spacial score (nSPS) is 13.8. The molecular weight excluding hydrogens is 360 g/mol. The number of carbonyl (C=O) groups is 3. The molecule has 0 aliphatic heterocycles. The minimum Gasteiger partial charge on any atom is -0.507 e. The number of benzene rings is 1. The molecule has 0 aromatic heterocycles. The number of hydrogen-bond acceptors (Lipinski definition) is 6. The first-order chi connectivity index (χ1) is 13.1. The van der Waals surface area contributed by atoms with Gasteiger partial charge in [0.2, 0.25) is 0 Å². The molecule has 6 heteroatoms. The fourth-order valence-electron chi connectivity index (χ4n) is 2.87. The molecule has 0 saturated carbocycles. The van der Waals surface area contributed by atoms with Crippen LogP contribution in [0.3, 0.4) is 0 Å². The molecule has 1 aromatic rings. The molecule has 28 heavy (non-hydrogen) atoms. The third kappa shape index (κ3) is 4.57. The Hall–Kier alpha value is -3.15. The van der Waals surface area contributed by atoms with Crippen molar-refractivity contribution in [1.82, 2.24) is 0 Å². The van der Waals surface area contributed by atoms with E-state index in [2.05, 4.69) is 0 Å². The number of ether oxygens (including phenoxy) is 2. The Balaban J connectivity index is 2.51. The van der Waals surface area contributed by atoms with Crippen LogP contribution in [0.4, 0.5) is 0 Å². The van der Waals surface area contributed by atoms with E-state index in [1.165, 1.54) is 25.3 Å². The summed E-state index contributed by atoms with van der Waals surface area (Å²) in [4.78, 5) is 37.9. The molecule has 1 N–H and O–H groups in total. The van der Waals surface area contributed by atoms with Crippen LogP contribution in [0.2, 0.25) is 0 Å². The van der Waals surface area contributed by atoms with E-state index in [-0.39, 0.29) is 34.6 Å². The average Bonchev–Trinajstić information content (AvgIpc) is 2.60. The molecule has 0 amide bonds. The van der Waals surface area contributed by atoms with Gasteiger partial charge in [-0.25, -0.2) is 4.79 Å². The zero-order valence-corrected chi connectivity index (χ0v) is 16.7. The van der Waals surface area contributed by atoms with Gasteiger partial charge in [0.1, 0.15) is 17.6 Å². The molecule has 0 bridgehead atoms.